The van der Waals surface area contributed by atoms with Gasteiger partial charge in [-0.3, -0.25) is 37.3 Å². The van der Waals surface area contributed by atoms with Crippen molar-refractivity contribution < 1.29 is 80.2 Å². The molecular formula is C58H112O17P2. The lowest BCUT2D eigenvalue weighted by molar-refractivity contribution is -0.161. The van der Waals surface area contributed by atoms with E-state index in [2.05, 4.69) is 41.5 Å². The molecule has 0 saturated carbocycles. The summed E-state index contributed by atoms with van der Waals surface area (Å²) in [5, 5.41) is 10.5. The Balaban J connectivity index is 5.19. The van der Waals surface area contributed by atoms with E-state index < -0.39 is 97.5 Å². The lowest BCUT2D eigenvalue weighted by Gasteiger charge is -2.21. The zero-order chi connectivity index (χ0) is 57.3. The number of carbonyl (C=O) groups excluding carboxylic acids is 4. The van der Waals surface area contributed by atoms with Crippen molar-refractivity contribution in [2.45, 2.75) is 297 Å². The SMILES string of the molecule is CCCCCCCCCCCCCC(=O)OC[C@H](COP(=O)(O)OC[C@@H](O)COP(=O)(O)OC[C@@H](COC(=O)CCCCCCC)OC(=O)CCCCCCCCCC(C)C)OC(=O)CCCCCCCCCCC(C)C. The lowest BCUT2D eigenvalue weighted by Crippen LogP contribution is -2.30. The highest BCUT2D eigenvalue weighted by molar-refractivity contribution is 7.47. The first-order valence-electron chi connectivity index (χ1n) is 30.5. The second-order valence-corrected chi connectivity index (χ2v) is 24.9. The van der Waals surface area contributed by atoms with Gasteiger partial charge in [0.1, 0.15) is 19.3 Å². The Morgan fingerprint density at radius 2 is 0.597 bits per heavy atom. The van der Waals surface area contributed by atoms with Gasteiger partial charge in [-0.1, -0.05) is 228 Å². The molecule has 17 nitrogen and oxygen atoms in total. The number of carbonyl (C=O) groups is 4. The molecule has 0 rings (SSSR count). The van der Waals surface area contributed by atoms with Gasteiger partial charge >= 0.3 is 39.5 Å². The molecule has 0 radical (unpaired) electrons. The summed E-state index contributed by atoms with van der Waals surface area (Å²) in [7, 11) is -9.87. The molecular weight excluding hydrogens is 1030 g/mol. The van der Waals surface area contributed by atoms with Crippen LogP contribution < -0.4 is 0 Å². The average molecular weight is 1140 g/mol. The third kappa shape index (κ3) is 53.2. The number of hydrogen-bond donors (Lipinski definition) is 3. The van der Waals surface area contributed by atoms with Crippen molar-refractivity contribution in [3.8, 4) is 0 Å². The zero-order valence-electron chi connectivity index (χ0n) is 49.2. The van der Waals surface area contributed by atoms with E-state index in [0.717, 1.165) is 102 Å². The molecule has 0 aliphatic carbocycles. The fraction of sp³-hybridized carbons (Fsp3) is 0.931. The number of aliphatic hydroxyl groups excluding tert-OH is 1. The van der Waals surface area contributed by atoms with Crippen LogP contribution in [0.25, 0.3) is 0 Å². The average Bonchev–Trinajstić information content (AvgIpc) is 3.38. The van der Waals surface area contributed by atoms with Crippen molar-refractivity contribution in [1.82, 2.24) is 0 Å². The molecule has 0 heterocycles. The molecule has 19 heteroatoms. The third-order valence-corrected chi connectivity index (χ3v) is 15.1. The predicted molar refractivity (Wildman–Crippen MR) is 303 cm³/mol. The smallest absolute Gasteiger partial charge is 0.462 e. The van der Waals surface area contributed by atoms with Crippen LogP contribution in [0.2, 0.25) is 0 Å². The molecule has 0 aromatic carbocycles. The monoisotopic (exact) mass is 1140 g/mol. The van der Waals surface area contributed by atoms with Crippen LogP contribution in [0.4, 0.5) is 0 Å². The summed E-state index contributed by atoms with van der Waals surface area (Å²) < 4.78 is 67.5. The summed E-state index contributed by atoms with van der Waals surface area (Å²) in [5.41, 5.74) is 0. The molecule has 0 spiro atoms. The minimum absolute atomic E-state index is 0.102. The van der Waals surface area contributed by atoms with Crippen LogP contribution in [0.15, 0.2) is 0 Å². The van der Waals surface area contributed by atoms with Crippen LogP contribution in [0.3, 0.4) is 0 Å². The first kappa shape index (κ1) is 75.1. The van der Waals surface area contributed by atoms with E-state index in [1.807, 2.05) is 0 Å². The predicted octanol–water partition coefficient (Wildman–Crippen LogP) is 15.3. The highest BCUT2D eigenvalue weighted by atomic mass is 31.2. The van der Waals surface area contributed by atoms with Crippen LogP contribution in [0.1, 0.15) is 279 Å². The van der Waals surface area contributed by atoms with Crippen LogP contribution in [-0.4, -0.2) is 96.7 Å². The summed E-state index contributed by atoms with van der Waals surface area (Å²) in [6.45, 7) is 9.25. The van der Waals surface area contributed by atoms with Gasteiger partial charge in [-0.25, -0.2) is 9.13 Å². The molecule has 2 unspecified atom stereocenters. The Labute approximate surface area is 467 Å². The van der Waals surface area contributed by atoms with Gasteiger partial charge in [-0.15, -0.1) is 0 Å². The summed E-state index contributed by atoms with van der Waals surface area (Å²) in [6, 6.07) is 0. The number of ether oxygens (including phenoxy) is 4. The number of phosphoric acid groups is 2. The zero-order valence-corrected chi connectivity index (χ0v) is 51.0. The number of aliphatic hydroxyl groups is 1. The molecule has 0 aromatic rings. The second kappa shape index (κ2) is 51.0. The molecule has 0 saturated heterocycles. The minimum atomic E-state index is -4.94. The standard InChI is InChI=1S/C58H112O17P2/c1-7-9-11-13-14-15-16-17-23-29-35-41-56(61)69-47-54(75-57(62)42-36-30-24-19-18-21-27-32-38-50(3)4)49-73-77(66,67)71-45-52(59)44-70-76(64,65)72-48-53(46-68-55(60)40-34-26-12-10-8-2)74-58(63)43-37-31-25-20-22-28-33-39-51(5)6/h50-54,59H,7-49H2,1-6H3,(H,64,65)(H,66,67)/t52-,53+,54+/m0/s1. The molecule has 0 aromatic heterocycles. The van der Waals surface area contributed by atoms with Crippen molar-refractivity contribution in [2.24, 2.45) is 11.8 Å². The summed E-state index contributed by atoms with van der Waals surface area (Å²) in [4.78, 5) is 71.6. The molecule has 0 bridgehead atoms. The summed E-state index contributed by atoms with van der Waals surface area (Å²) in [6.07, 6.45) is 31.2. The molecule has 5 atom stereocenters. The highest BCUT2D eigenvalue weighted by Gasteiger charge is 2.30. The fourth-order valence-corrected chi connectivity index (χ4v) is 10.0. The topological polar surface area (TPSA) is 237 Å². The van der Waals surface area contributed by atoms with Gasteiger partial charge in [0.2, 0.25) is 0 Å². The molecule has 77 heavy (non-hydrogen) atoms. The van der Waals surface area contributed by atoms with E-state index in [-0.39, 0.29) is 25.7 Å². The van der Waals surface area contributed by atoms with Crippen LogP contribution in [0.5, 0.6) is 0 Å². The Hall–Kier alpha value is -1.94. The number of phosphoric ester groups is 2. The van der Waals surface area contributed by atoms with Crippen molar-refractivity contribution >= 4 is 39.5 Å². The van der Waals surface area contributed by atoms with E-state index in [1.54, 1.807) is 0 Å². The number of rotatable bonds is 57. The molecule has 0 aliphatic rings. The normalized spacial score (nSPS) is 14.5. The molecule has 0 fully saturated rings. The van der Waals surface area contributed by atoms with Gasteiger partial charge in [0.05, 0.1) is 26.4 Å². The van der Waals surface area contributed by atoms with Crippen LogP contribution in [-0.2, 0) is 65.4 Å². The van der Waals surface area contributed by atoms with Crippen LogP contribution in [0, 0.1) is 11.8 Å². The number of unbranched alkanes of at least 4 members (excludes halogenated alkanes) is 27. The first-order chi connectivity index (χ1) is 36.9. The third-order valence-electron chi connectivity index (χ3n) is 13.2. The summed E-state index contributed by atoms with van der Waals surface area (Å²) >= 11 is 0. The summed E-state index contributed by atoms with van der Waals surface area (Å²) in [5.74, 6) is -0.742. The number of esters is 4. The van der Waals surface area contributed by atoms with E-state index in [9.17, 15) is 43.2 Å². The maximum Gasteiger partial charge on any atom is 0.472 e. The lowest BCUT2D eigenvalue weighted by atomic mass is 10.0. The van der Waals surface area contributed by atoms with Crippen molar-refractivity contribution in [3.05, 3.63) is 0 Å². The first-order valence-corrected chi connectivity index (χ1v) is 33.5. The van der Waals surface area contributed by atoms with E-state index in [1.165, 1.54) is 89.9 Å². The molecule has 0 aliphatic heterocycles. The van der Waals surface area contributed by atoms with Gasteiger partial charge in [0.25, 0.3) is 0 Å². The van der Waals surface area contributed by atoms with Crippen molar-refractivity contribution in [2.75, 3.05) is 39.6 Å². The van der Waals surface area contributed by atoms with E-state index >= 15 is 0 Å². The van der Waals surface area contributed by atoms with E-state index in [4.69, 9.17) is 37.0 Å². The highest BCUT2D eigenvalue weighted by Crippen LogP contribution is 2.45. The Morgan fingerprint density at radius 3 is 0.883 bits per heavy atom. The maximum atomic E-state index is 12.9. The van der Waals surface area contributed by atoms with Crippen molar-refractivity contribution in [1.29, 1.82) is 0 Å². The Morgan fingerprint density at radius 1 is 0.351 bits per heavy atom. The van der Waals surface area contributed by atoms with Gasteiger partial charge in [0.15, 0.2) is 12.2 Å². The second-order valence-electron chi connectivity index (χ2n) is 22.0. The van der Waals surface area contributed by atoms with Crippen LogP contribution >= 0.6 is 15.6 Å². The van der Waals surface area contributed by atoms with Gasteiger partial charge < -0.3 is 33.8 Å². The maximum absolute atomic E-state index is 12.9. The number of hydrogen-bond acceptors (Lipinski definition) is 15. The molecule has 0 amide bonds. The minimum Gasteiger partial charge on any atom is -0.462 e. The van der Waals surface area contributed by atoms with E-state index in [0.29, 0.717) is 31.6 Å². The van der Waals surface area contributed by atoms with Gasteiger partial charge in [-0.2, -0.15) is 0 Å². The van der Waals surface area contributed by atoms with Crippen molar-refractivity contribution in [3.63, 3.8) is 0 Å². The molecule has 3 N–H and O–H groups in total. The fourth-order valence-electron chi connectivity index (χ4n) is 8.47. The molecule has 456 valence electrons. The van der Waals surface area contributed by atoms with Gasteiger partial charge in [-0.05, 0) is 37.5 Å². The largest absolute Gasteiger partial charge is 0.472 e. The Kier molecular flexibility index (Phi) is 49.7. The van der Waals surface area contributed by atoms with Gasteiger partial charge in [0, 0.05) is 25.7 Å². The quantitative estimate of drug-likeness (QED) is 0.0222. The Bertz CT molecular complexity index is 1530.